The van der Waals surface area contributed by atoms with Crippen molar-refractivity contribution in [2.45, 2.75) is 12.3 Å². The lowest BCUT2D eigenvalue weighted by atomic mass is 9.96. The molecule has 0 aliphatic heterocycles. The number of carboxylic acid groups (broad SMARTS) is 1. The molecule has 1 aromatic rings. The van der Waals surface area contributed by atoms with Crippen molar-refractivity contribution in [3.8, 4) is 0 Å². The summed E-state index contributed by atoms with van der Waals surface area (Å²) in [4.78, 5) is 11.1. The summed E-state index contributed by atoms with van der Waals surface area (Å²) in [6.07, 6.45) is 0.308. The molecule has 0 fully saturated rings. The number of carboxylic acids is 1. The second-order valence-corrected chi connectivity index (χ2v) is 3.84. The maximum atomic E-state index is 13.0. The van der Waals surface area contributed by atoms with E-state index in [0.717, 1.165) is 0 Å². The van der Waals surface area contributed by atoms with Gasteiger partial charge in [0, 0.05) is 13.7 Å². The van der Waals surface area contributed by atoms with Crippen LogP contribution in [0.25, 0.3) is 0 Å². The zero-order valence-corrected chi connectivity index (χ0v) is 10.3. The highest BCUT2D eigenvalue weighted by atomic mass is 19.1. The Morgan fingerprint density at radius 3 is 2.78 bits per heavy atom. The van der Waals surface area contributed by atoms with Crippen LogP contribution in [0.4, 0.5) is 4.39 Å². The summed E-state index contributed by atoms with van der Waals surface area (Å²) in [5.74, 6) is -2.15. The Bertz CT molecular complexity index is 381. The van der Waals surface area contributed by atoms with E-state index in [9.17, 15) is 9.18 Å². The number of hydrogen-bond donors (Lipinski definition) is 1. The molecule has 0 heterocycles. The molecule has 0 aromatic heterocycles. The molecule has 5 heteroatoms. The average Bonchev–Trinajstić information content (AvgIpc) is 2.33. The van der Waals surface area contributed by atoms with E-state index in [4.69, 9.17) is 14.6 Å². The van der Waals surface area contributed by atoms with Gasteiger partial charge in [-0.3, -0.25) is 4.79 Å². The summed E-state index contributed by atoms with van der Waals surface area (Å²) in [6, 6.07) is 5.65. The van der Waals surface area contributed by atoms with Crippen molar-refractivity contribution in [3.05, 3.63) is 35.6 Å². The van der Waals surface area contributed by atoms with Crippen molar-refractivity contribution in [2.75, 3.05) is 26.9 Å². The van der Waals surface area contributed by atoms with Crippen molar-refractivity contribution in [2.24, 2.45) is 0 Å². The first-order valence-electron chi connectivity index (χ1n) is 5.70. The molecule has 4 nitrogen and oxygen atoms in total. The van der Waals surface area contributed by atoms with E-state index in [0.29, 0.717) is 31.8 Å². The molecule has 100 valence electrons. The third-order valence-corrected chi connectivity index (χ3v) is 2.53. The SMILES string of the molecule is COCCOCCC(C(=O)O)c1cccc(F)c1. The fraction of sp³-hybridized carbons (Fsp3) is 0.462. The molecular formula is C13H17FO4. The minimum absolute atomic E-state index is 0.302. The Morgan fingerprint density at radius 2 is 2.17 bits per heavy atom. The molecule has 1 aromatic carbocycles. The predicted octanol–water partition coefficient (Wildman–Crippen LogP) is 2.05. The normalized spacial score (nSPS) is 12.3. The molecule has 0 amide bonds. The Kier molecular flexibility index (Phi) is 6.32. The van der Waals surface area contributed by atoms with E-state index < -0.39 is 17.7 Å². The van der Waals surface area contributed by atoms with Crippen molar-refractivity contribution in [3.63, 3.8) is 0 Å². The van der Waals surface area contributed by atoms with Crippen LogP contribution in [0.2, 0.25) is 0 Å². The van der Waals surface area contributed by atoms with Gasteiger partial charge >= 0.3 is 5.97 Å². The topological polar surface area (TPSA) is 55.8 Å². The van der Waals surface area contributed by atoms with Gasteiger partial charge in [-0.2, -0.15) is 0 Å². The Morgan fingerprint density at radius 1 is 1.39 bits per heavy atom. The summed E-state index contributed by atoms with van der Waals surface area (Å²) >= 11 is 0. The van der Waals surface area contributed by atoms with Crippen LogP contribution in [-0.2, 0) is 14.3 Å². The monoisotopic (exact) mass is 256 g/mol. The van der Waals surface area contributed by atoms with E-state index in [-0.39, 0.29) is 0 Å². The summed E-state index contributed by atoms with van der Waals surface area (Å²) in [5.41, 5.74) is 0.456. The van der Waals surface area contributed by atoms with Gasteiger partial charge in [0.25, 0.3) is 0 Å². The summed E-state index contributed by atoms with van der Waals surface area (Å²) < 4.78 is 23.1. The first-order valence-corrected chi connectivity index (χ1v) is 5.70. The predicted molar refractivity (Wildman–Crippen MR) is 64.1 cm³/mol. The number of ether oxygens (including phenoxy) is 2. The third kappa shape index (κ3) is 4.81. The first-order chi connectivity index (χ1) is 8.65. The molecule has 0 saturated heterocycles. The van der Waals surface area contributed by atoms with Crippen molar-refractivity contribution < 1.29 is 23.8 Å². The molecule has 0 aliphatic carbocycles. The highest BCUT2D eigenvalue weighted by Gasteiger charge is 2.19. The average molecular weight is 256 g/mol. The Hall–Kier alpha value is -1.46. The van der Waals surface area contributed by atoms with Crippen LogP contribution >= 0.6 is 0 Å². The summed E-state index contributed by atoms with van der Waals surface area (Å²) in [6.45, 7) is 1.19. The van der Waals surface area contributed by atoms with Crippen LogP contribution in [0.1, 0.15) is 17.9 Å². The van der Waals surface area contributed by atoms with E-state index in [1.165, 1.54) is 18.2 Å². The van der Waals surface area contributed by atoms with Crippen molar-refractivity contribution in [1.29, 1.82) is 0 Å². The van der Waals surface area contributed by atoms with Gasteiger partial charge in [0.15, 0.2) is 0 Å². The van der Waals surface area contributed by atoms with Gasteiger partial charge in [-0.05, 0) is 24.1 Å². The highest BCUT2D eigenvalue weighted by Crippen LogP contribution is 2.20. The van der Waals surface area contributed by atoms with Crippen molar-refractivity contribution in [1.82, 2.24) is 0 Å². The fourth-order valence-corrected chi connectivity index (χ4v) is 1.60. The van der Waals surface area contributed by atoms with Gasteiger partial charge in [-0.15, -0.1) is 0 Å². The molecule has 18 heavy (non-hydrogen) atoms. The lowest BCUT2D eigenvalue weighted by Gasteiger charge is -2.13. The largest absolute Gasteiger partial charge is 0.481 e. The second kappa shape index (κ2) is 7.79. The van der Waals surface area contributed by atoms with Crippen LogP contribution in [0.5, 0.6) is 0 Å². The Labute approximate surface area is 105 Å². The maximum absolute atomic E-state index is 13.0. The maximum Gasteiger partial charge on any atom is 0.311 e. The molecule has 1 unspecified atom stereocenters. The highest BCUT2D eigenvalue weighted by molar-refractivity contribution is 5.76. The van der Waals surface area contributed by atoms with E-state index in [2.05, 4.69) is 0 Å². The zero-order valence-electron chi connectivity index (χ0n) is 10.3. The molecule has 1 N–H and O–H groups in total. The zero-order chi connectivity index (χ0) is 13.4. The standard InChI is InChI=1S/C13H17FO4/c1-17-7-8-18-6-5-12(13(15)16)10-3-2-4-11(14)9-10/h2-4,9,12H,5-8H2,1H3,(H,15,16). The van der Waals surface area contributed by atoms with Gasteiger partial charge < -0.3 is 14.6 Å². The molecule has 0 bridgehead atoms. The molecule has 0 saturated carbocycles. The van der Waals surface area contributed by atoms with Crippen LogP contribution in [0.3, 0.4) is 0 Å². The van der Waals surface area contributed by atoms with Gasteiger partial charge in [-0.25, -0.2) is 4.39 Å². The van der Waals surface area contributed by atoms with Gasteiger partial charge in [0.2, 0.25) is 0 Å². The number of halogens is 1. The molecule has 1 rings (SSSR count). The number of rotatable bonds is 8. The second-order valence-electron chi connectivity index (χ2n) is 3.84. The van der Waals surface area contributed by atoms with Crippen LogP contribution < -0.4 is 0 Å². The molecule has 0 spiro atoms. The van der Waals surface area contributed by atoms with Crippen molar-refractivity contribution >= 4 is 5.97 Å². The number of benzene rings is 1. The molecule has 0 radical (unpaired) electrons. The lowest BCUT2D eigenvalue weighted by molar-refractivity contribution is -0.139. The van der Waals surface area contributed by atoms with E-state index in [1.807, 2.05) is 0 Å². The fourth-order valence-electron chi connectivity index (χ4n) is 1.60. The number of carbonyl (C=O) groups is 1. The summed E-state index contributed by atoms with van der Waals surface area (Å²) in [5, 5.41) is 9.12. The van der Waals surface area contributed by atoms with Gasteiger partial charge in [0.05, 0.1) is 19.1 Å². The Balaban J connectivity index is 2.53. The molecule has 1 atom stereocenters. The quantitative estimate of drug-likeness (QED) is 0.723. The number of methoxy groups -OCH3 is 1. The smallest absolute Gasteiger partial charge is 0.311 e. The van der Waals surface area contributed by atoms with Crippen LogP contribution in [0, 0.1) is 5.82 Å². The lowest BCUT2D eigenvalue weighted by Crippen LogP contribution is -2.15. The number of aliphatic carboxylic acids is 1. The molecular weight excluding hydrogens is 239 g/mol. The summed E-state index contributed by atoms with van der Waals surface area (Å²) in [7, 11) is 1.57. The van der Waals surface area contributed by atoms with Crippen LogP contribution in [0.15, 0.2) is 24.3 Å². The number of hydrogen-bond acceptors (Lipinski definition) is 3. The third-order valence-electron chi connectivity index (χ3n) is 2.53. The van der Waals surface area contributed by atoms with Crippen LogP contribution in [-0.4, -0.2) is 38.0 Å². The molecule has 0 aliphatic rings. The van der Waals surface area contributed by atoms with Gasteiger partial charge in [0.1, 0.15) is 5.82 Å². The first kappa shape index (κ1) is 14.6. The van der Waals surface area contributed by atoms with E-state index >= 15 is 0 Å². The minimum atomic E-state index is -0.976. The van der Waals surface area contributed by atoms with E-state index in [1.54, 1.807) is 13.2 Å². The minimum Gasteiger partial charge on any atom is -0.481 e. The van der Waals surface area contributed by atoms with Gasteiger partial charge in [-0.1, -0.05) is 12.1 Å².